The molecule has 1 unspecified atom stereocenters. The molecular weight excluding hydrogens is 214 g/mol. The van der Waals surface area contributed by atoms with E-state index in [0.717, 1.165) is 12.5 Å². The van der Waals surface area contributed by atoms with Crippen LogP contribution in [0.4, 0.5) is 0 Å². The summed E-state index contributed by atoms with van der Waals surface area (Å²) < 4.78 is 0. The van der Waals surface area contributed by atoms with Gasteiger partial charge in [-0.1, -0.05) is 13.8 Å². The highest BCUT2D eigenvalue weighted by Crippen LogP contribution is 2.23. The molecule has 0 amide bonds. The van der Waals surface area contributed by atoms with Crippen molar-refractivity contribution in [2.45, 2.75) is 47.0 Å². The van der Waals surface area contributed by atoms with E-state index in [1.807, 2.05) is 11.3 Å². The van der Waals surface area contributed by atoms with Crippen molar-refractivity contribution in [2.24, 2.45) is 5.92 Å². The number of thiophene rings is 1. The van der Waals surface area contributed by atoms with Crippen molar-refractivity contribution in [1.82, 2.24) is 5.32 Å². The van der Waals surface area contributed by atoms with Crippen LogP contribution in [-0.4, -0.2) is 13.1 Å². The van der Waals surface area contributed by atoms with E-state index in [0.29, 0.717) is 0 Å². The monoisotopic (exact) mass is 239 g/mol. The second-order valence-electron chi connectivity index (χ2n) is 4.72. The van der Waals surface area contributed by atoms with Crippen LogP contribution in [0, 0.1) is 19.8 Å². The normalized spacial score (nSPS) is 13.0. The first kappa shape index (κ1) is 13.7. The minimum absolute atomic E-state index is 0.832. The van der Waals surface area contributed by atoms with Gasteiger partial charge < -0.3 is 5.32 Å². The molecule has 0 fully saturated rings. The SMILES string of the molecule is CCNCCC(C)CCc1cc(C)sc1C. The Hall–Kier alpha value is -0.340. The van der Waals surface area contributed by atoms with Crippen LogP contribution < -0.4 is 5.32 Å². The van der Waals surface area contributed by atoms with Crippen molar-refractivity contribution in [1.29, 1.82) is 0 Å². The largest absolute Gasteiger partial charge is 0.317 e. The Morgan fingerprint density at radius 1 is 1.31 bits per heavy atom. The van der Waals surface area contributed by atoms with E-state index in [1.54, 1.807) is 5.56 Å². The van der Waals surface area contributed by atoms with Gasteiger partial charge in [-0.05, 0) is 63.7 Å². The quantitative estimate of drug-likeness (QED) is 0.711. The Bertz CT molecular complexity index is 304. The first-order chi connectivity index (χ1) is 7.63. The van der Waals surface area contributed by atoms with Gasteiger partial charge in [0, 0.05) is 9.75 Å². The minimum Gasteiger partial charge on any atom is -0.317 e. The van der Waals surface area contributed by atoms with E-state index in [4.69, 9.17) is 0 Å². The predicted molar refractivity (Wildman–Crippen MR) is 74.4 cm³/mol. The Morgan fingerprint density at radius 2 is 2.06 bits per heavy atom. The van der Waals surface area contributed by atoms with Crippen molar-refractivity contribution >= 4 is 11.3 Å². The molecule has 1 nitrogen and oxygen atoms in total. The maximum Gasteiger partial charge on any atom is 0.00490 e. The Kier molecular flexibility index (Phi) is 6.07. The van der Waals surface area contributed by atoms with Crippen LogP contribution >= 0.6 is 11.3 Å². The number of rotatable bonds is 7. The van der Waals surface area contributed by atoms with Crippen LogP contribution in [0.15, 0.2) is 6.07 Å². The molecule has 1 aromatic rings. The second-order valence-corrected chi connectivity index (χ2v) is 6.18. The Balaban J connectivity index is 2.26. The van der Waals surface area contributed by atoms with Crippen LogP contribution in [-0.2, 0) is 6.42 Å². The average Bonchev–Trinajstić information content (AvgIpc) is 2.55. The van der Waals surface area contributed by atoms with E-state index in [1.165, 1.54) is 35.6 Å². The van der Waals surface area contributed by atoms with E-state index in [-0.39, 0.29) is 0 Å². The lowest BCUT2D eigenvalue weighted by molar-refractivity contribution is 0.474. The Labute approximate surface area is 104 Å². The summed E-state index contributed by atoms with van der Waals surface area (Å²) in [7, 11) is 0. The zero-order valence-corrected chi connectivity index (χ0v) is 11.9. The molecule has 0 aliphatic carbocycles. The number of hydrogen-bond donors (Lipinski definition) is 1. The molecular formula is C14H25NS. The van der Waals surface area contributed by atoms with E-state index >= 15 is 0 Å². The summed E-state index contributed by atoms with van der Waals surface area (Å²) in [5, 5.41) is 3.39. The van der Waals surface area contributed by atoms with Crippen LogP contribution in [0.5, 0.6) is 0 Å². The Morgan fingerprint density at radius 3 is 2.62 bits per heavy atom. The van der Waals surface area contributed by atoms with Gasteiger partial charge in [-0.3, -0.25) is 0 Å². The molecule has 1 aromatic heterocycles. The van der Waals surface area contributed by atoms with Gasteiger partial charge in [0.2, 0.25) is 0 Å². The highest BCUT2D eigenvalue weighted by Gasteiger charge is 2.06. The average molecular weight is 239 g/mol. The molecule has 0 radical (unpaired) electrons. The topological polar surface area (TPSA) is 12.0 Å². The maximum atomic E-state index is 3.39. The molecule has 0 saturated carbocycles. The zero-order valence-electron chi connectivity index (χ0n) is 11.1. The van der Waals surface area contributed by atoms with Gasteiger partial charge in [0.05, 0.1) is 0 Å². The molecule has 0 aliphatic rings. The first-order valence-corrected chi connectivity index (χ1v) is 7.21. The third kappa shape index (κ3) is 4.67. The van der Waals surface area contributed by atoms with Gasteiger partial charge in [-0.2, -0.15) is 0 Å². The zero-order chi connectivity index (χ0) is 12.0. The molecule has 1 N–H and O–H groups in total. The van der Waals surface area contributed by atoms with Gasteiger partial charge in [0.25, 0.3) is 0 Å². The predicted octanol–water partition coefficient (Wildman–Crippen LogP) is 3.93. The molecule has 0 saturated heterocycles. The molecule has 0 aromatic carbocycles. The van der Waals surface area contributed by atoms with Crippen molar-refractivity contribution in [2.75, 3.05) is 13.1 Å². The number of aryl methyl sites for hydroxylation is 3. The minimum atomic E-state index is 0.832. The second kappa shape index (κ2) is 7.08. The maximum absolute atomic E-state index is 3.39. The lowest BCUT2D eigenvalue weighted by atomic mass is 9.98. The molecule has 16 heavy (non-hydrogen) atoms. The van der Waals surface area contributed by atoms with E-state index in [9.17, 15) is 0 Å². The third-order valence-corrected chi connectivity index (χ3v) is 4.12. The van der Waals surface area contributed by atoms with Gasteiger partial charge in [-0.15, -0.1) is 11.3 Å². The fourth-order valence-electron chi connectivity index (χ4n) is 2.00. The highest BCUT2D eigenvalue weighted by molar-refractivity contribution is 7.12. The van der Waals surface area contributed by atoms with Gasteiger partial charge >= 0.3 is 0 Å². The van der Waals surface area contributed by atoms with Crippen molar-refractivity contribution < 1.29 is 0 Å². The van der Waals surface area contributed by atoms with Crippen molar-refractivity contribution in [3.8, 4) is 0 Å². The first-order valence-electron chi connectivity index (χ1n) is 6.40. The number of nitrogens with one attached hydrogen (secondary N) is 1. The van der Waals surface area contributed by atoms with Gasteiger partial charge in [0.15, 0.2) is 0 Å². The standard InChI is InChI=1S/C14H25NS/c1-5-15-9-8-11(2)6-7-14-10-12(3)16-13(14)4/h10-11,15H,5-9H2,1-4H3. The number of hydrogen-bond acceptors (Lipinski definition) is 2. The van der Waals surface area contributed by atoms with E-state index < -0.39 is 0 Å². The molecule has 0 aliphatic heterocycles. The fraction of sp³-hybridized carbons (Fsp3) is 0.714. The smallest absolute Gasteiger partial charge is 0.00490 e. The molecule has 2 heteroatoms. The third-order valence-electron chi connectivity index (χ3n) is 3.11. The molecule has 0 spiro atoms. The fourth-order valence-corrected chi connectivity index (χ4v) is 2.98. The van der Waals surface area contributed by atoms with Crippen LogP contribution in [0.1, 0.15) is 42.0 Å². The summed E-state index contributed by atoms with van der Waals surface area (Å²) in [6.45, 7) is 11.2. The molecule has 0 bridgehead atoms. The van der Waals surface area contributed by atoms with Crippen molar-refractivity contribution in [3.63, 3.8) is 0 Å². The lowest BCUT2D eigenvalue weighted by Crippen LogP contribution is -2.16. The van der Waals surface area contributed by atoms with Gasteiger partial charge in [-0.25, -0.2) is 0 Å². The molecule has 1 rings (SSSR count). The summed E-state index contributed by atoms with van der Waals surface area (Å²) in [5.74, 6) is 0.832. The van der Waals surface area contributed by atoms with Crippen LogP contribution in [0.2, 0.25) is 0 Å². The van der Waals surface area contributed by atoms with Crippen LogP contribution in [0.3, 0.4) is 0 Å². The van der Waals surface area contributed by atoms with Gasteiger partial charge in [0.1, 0.15) is 0 Å². The summed E-state index contributed by atoms with van der Waals surface area (Å²) in [6, 6.07) is 2.36. The van der Waals surface area contributed by atoms with E-state index in [2.05, 4.69) is 39.1 Å². The lowest BCUT2D eigenvalue weighted by Gasteiger charge is -2.11. The summed E-state index contributed by atoms with van der Waals surface area (Å²) in [5.41, 5.74) is 1.57. The summed E-state index contributed by atoms with van der Waals surface area (Å²) >= 11 is 1.93. The summed E-state index contributed by atoms with van der Waals surface area (Å²) in [6.07, 6.45) is 3.88. The molecule has 92 valence electrons. The van der Waals surface area contributed by atoms with Crippen molar-refractivity contribution in [3.05, 3.63) is 21.4 Å². The highest BCUT2D eigenvalue weighted by atomic mass is 32.1. The molecule has 1 atom stereocenters. The molecule has 1 heterocycles. The summed E-state index contributed by atoms with van der Waals surface area (Å²) in [4.78, 5) is 2.96. The van der Waals surface area contributed by atoms with Crippen LogP contribution in [0.25, 0.3) is 0 Å².